The second-order valence-electron chi connectivity index (χ2n) is 4.99. The molecule has 2 rings (SSSR count). The van der Waals surface area contributed by atoms with Crippen LogP contribution in [0.4, 0.5) is 17.1 Å². The molecule has 1 heterocycles. The average molecular weight is 249 g/mol. The van der Waals surface area contributed by atoms with E-state index in [-0.39, 0.29) is 11.4 Å². The number of nitrogens with zero attached hydrogens (tertiary/aromatic N) is 2. The molecule has 5 heteroatoms. The van der Waals surface area contributed by atoms with Crippen LogP contribution in [-0.4, -0.2) is 17.5 Å². The Kier molecular flexibility index (Phi) is 3.41. The largest absolute Gasteiger partial charge is 0.393 e. The molecule has 1 aliphatic heterocycles. The van der Waals surface area contributed by atoms with Gasteiger partial charge in [-0.2, -0.15) is 0 Å². The quantitative estimate of drug-likeness (QED) is 0.497. The smallest absolute Gasteiger partial charge is 0.292 e. The molecule has 1 aromatic carbocycles. The molecule has 0 aliphatic carbocycles. The minimum atomic E-state index is -0.425. The molecule has 1 aromatic rings. The lowest BCUT2D eigenvalue weighted by Gasteiger charge is -2.36. The lowest BCUT2D eigenvalue weighted by atomic mass is 10.0. The third kappa shape index (κ3) is 2.25. The SMILES string of the molecule is Cc1cc([N+](=O)[O-])c(N)cc1N1CCCC[C@H]1C. The highest BCUT2D eigenvalue weighted by Gasteiger charge is 2.22. The van der Waals surface area contributed by atoms with Gasteiger partial charge in [-0.05, 0) is 44.7 Å². The fraction of sp³-hybridized carbons (Fsp3) is 0.538. The van der Waals surface area contributed by atoms with Crippen molar-refractivity contribution in [2.45, 2.75) is 39.2 Å². The first-order valence-electron chi connectivity index (χ1n) is 6.32. The van der Waals surface area contributed by atoms with Gasteiger partial charge in [0.1, 0.15) is 5.69 Å². The van der Waals surface area contributed by atoms with Crippen LogP contribution >= 0.6 is 0 Å². The van der Waals surface area contributed by atoms with E-state index in [1.807, 2.05) is 6.92 Å². The number of nitro benzene ring substituents is 1. The van der Waals surface area contributed by atoms with Crippen LogP contribution in [0.5, 0.6) is 0 Å². The summed E-state index contributed by atoms with van der Waals surface area (Å²) < 4.78 is 0. The molecule has 0 aromatic heterocycles. The highest BCUT2D eigenvalue weighted by molar-refractivity contribution is 5.70. The van der Waals surface area contributed by atoms with Crippen LogP contribution in [0, 0.1) is 17.0 Å². The van der Waals surface area contributed by atoms with Gasteiger partial charge < -0.3 is 10.6 Å². The maximum Gasteiger partial charge on any atom is 0.292 e. The van der Waals surface area contributed by atoms with Crippen LogP contribution in [-0.2, 0) is 0 Å². The van der Waals surface area contributed by atoms with Crippen molar-refractivity contribution in [3.63, 3.8) is 0 Å². The summed E-state index contributed by atoms with van der Waals surface area (Å²) in [4.78, 5) is 12.7. The van der Waals surface area contributed by atoms with Gasteiger partial charge in [0, 0.05) is 24.3 Å². The molecule has 0 spiro atoms. The lowest BCUT2D eigenvalue weighted by Crippen LogP contribution is -2.37. The molecule has 0 bridgehead atoms. The summed E-state index contributed by atoms with van der Waals surface area (Å²) in [6.07, 6.45) is 3.58. The van der Waals surface area contributed by atoms with Gasteiger partial charge in [0.25, 0.3) is 5.69 Å². The fourth-order valence-electron chi connectivity index (χ4n) is 2.62. The monoisotopic (exact) mass is 249 g/mol. The molecule has 1 aliphatic rings. The maximum atomic E-state index is 10.8. The third-order valence-electron chi connectivity index (χ3n) is 3.65. The van der Waals surface area contributed by atoms with Crippen molar-refractivity contribution in [1.29, 1.82) is 0 Å². The molecular weight excluding hydrogens is 230 g/mol. The summed E-state index contributed by atoms with van der Waals surface area (Å²) >= 11 is 0. The van der Waals surface area contributed by atoms with Gasteiger partial charge in [-0.25, -0.2) is 0 Å². The fourth-order valence-corrected chi connectivity index (χ4v) is 2.62. The minimum Gasteiger partial charge on any atom is -0.393 e. The molecule has 1 atom stereocenters. The van der Waals surface area contributed by atoms with Gasteiger partial charge in [-0.3, -0.25) is 10.1 Å². The Morgan fingerprint density at radius 2 is 2.17 bits per heavy atom. The van der Waals surface area contributed by atoms with Crippen LogP contribution < -0.4 is 10.6 Å². The van der Waals surface area contributed by atoms with Crippen molar-refractivity contribution < 1.29 is 4.92 Å². The molecule has 5 nitrogen and oxygen atoms in total. The second-order valence-corrected chi connectivity index (χ2v) is 4.99. The maximum absolute atomic E-state index is 10.8. The van der Waals surface area contributed by atoms with Crippen LogP contribution in [0.25, 0.3) is 0 Å². The molecular formula is C13H19N3O2. The molecule has 0 amide bonds. The van der Waals surface area contributed by atoms with Crippen LogP contribution in [0.1, 0.15) is 31.7 Å². The number of nitrogen functional groups attached to an aromatic ring is 1. The predicted molar refractivity (Wildman–Crippen MR) is 72.9 cm³/mol. The van der Waals surface area contributed by atoms with Crippen molar-refractivity contribution in [1.82, 2.24) is 0 Å². The molecule has 1 saturated heterocycles. The van der Waals surface area contributed by atoms with Crippen molar-refractivity contribution in [3.05, 3.63) is 27.8 Å². The zero-order chi connectivity index (χ0) is 13.3. The number of anilines is 2. The average Bonchev–Trinajstić information content (AvgIpc) is 2.32. The summed E-state index contributed by atoms with van der Waals surface area (Å²) in [5.74, 6) is 0. The molecule has 0 radical (unpaired) electrons. The van der Waals surface area contributed by atoms with Crippen LogP contribution in [0.3, 0.4) is 0 Å². The first-order chi connectivity index (χ1) is 8.50. The van der Waals surface area contributed by atoms with E-state index in [1.165, 1.54) is 12.8 Å². The van der Waals surface area contributed by atoms with Gasteiger partial charge in [0.2, 0.25) is 0 Å². The third-order valence-corrected chi connectivity index (χ3v) is 3.65. The summed E-state index contributed by atoms with van der Waals surface area (Å²) in [6.45, 7) is 5.10. The number of rotatable bonds is 2. The summed E-state index contributed by atoms with van der Waals surface area (Å²) in [7, 11) is 0. The zero-order valence-electron chi connectivity index (χ0n) is 10.8. The van der Waals surface area contributed by atoms with E-state index in [1.54, 1.807) is 12.1 Å². The molecule has 0 saturated carbocycles. The Morgan fingerprint density at radius 3 is 2.78 bits per heavy atom. The van der Waals surface area contributed by atoms with Crippen molar-refractivity contribution in [2.24, 2.45) is 0 Å². The van der Waals surface area contributed by atoms with E-state index in [0.29, 0.717) is 6.04 Å². The van der Waals surface area contributed by atoms with Gasteiger partial charge in [0.05, 0.1) is 4.92 Å². The Morgan fingerprint density at radius 1 is 1.44 bits per heavy atom. The molecule has 98 valence electrons. The van der Waals surface area contributed by atoms with E-state index in [0.717, 1.165) is 24.2 Å². The zero-order valence-corrected chi connectivity index (χ0v) is 10.8. The first-order valence-corrected chi connectivity index (χ1v) is 6.32. The van der Waals surface area contributed by atoms with E-state index in [4.69, 9.17) is 5.73 Å². The highest BCUT2D eigenvalue weighted by Crippen LogP contribution is 2.33. The Balaban J connectivity index is 2.39. The second kappa shape index (κ2) is 4.84. The van der Waals surface area contributed by atoms with E-state index in [9.17, 15) is 10.1 Å². The summed E-state index contributed by atoms with van der Waals surface area (Å²) in [5.41, 5.74) is 7.98. The molecule has 0 unspecified atom stereocenters. The highest BCUT2D eigenvalue weighted by atomic mass is 16.6. The van der Waals surface area contributed by atoms with Crippen molar-refractivity contribution in [3.8, 4) is 0 Å². The van der Waals surface area contributed by atoms with E-state index >= 15 is 0 Å². The van der Waals surface area contributed by atoms with Gasteiger partial charge in [-0.15, -0.1) is 0 Å². The van der Waals surface area contributed by atoms with E-state index in [2.05, 4.69) is 11.8 Å². The van der Waals surface area contributed by atoms with Crippen LogP contribution in [0.15, 0.2) is 12.1 Å². The first kappa shape index (κ1) is 12.7. The number of benzene rings is 1. The number of nitro groups is 1. The van der Waals surface area contributed by atoms with Crippen molar-refractivity contribution in [2.75, 3.05) is 17.2 Å². The van der Waals surface area contributed by atoms with Gasteiger partial charge in [-0.1, -0.05) is 0 Å². The van der Waals surface area contributed by atoms with Crippen molar-refractivity contribution >= 4 is 17.1 Å². The minimum absolute atomic E-state index is 0.000845. The topological polar surface area (TPSA) is 72.4 Å². The molecule has 18 heavy (non-hydrogen) atoms. The van der Waals surface area contributed by atoms with Gasteiger partial charge in [0.15, 0.2) is 0 Å². The number of hydrogen-bond acceptors (Lipinski definition) is 4. The number of piperidine rings is 1. The Bertz CT molecular complexity index is 474. The Hall–Kier alpha value is -1.78. The number of nitrogens with two attached hydrogens (primary N) is 1. The summed E-state index contributed by atoms with van der Waals surface area (Å²) in [5, 5.41) is 10.8. The van der Waals surface area contributed by atoms with Crippen LogP contribution in [0.2, 0.25) is 0 Å². The molecule has 1 fully saturated rings. The normalized spacial score (nSPS) is 19.9. The summed E-state index contributed by atoms with van der Waals surface area (Å²) in [6, 6.07) is 3.79. The predicted octanol–water partition coefficient (Wildman–Crippen LogP) is 2.86. The lowest BCUT2D eigenvalue weighted by molar-refractivity contribution is -0.383. The van der Waals surface area contributed by atoms with Gasteiger partial charge >= 0.3 is 0 Å². The van der Waals surface area contributed by atoms with E-state index < -0.39 is 4.92 Å². The standard InChI is InChI=1S/C13H19N3O2/c1-9-7-13(16(17)18)11(14)8-12(9)15-6-4-3-5-10(15)2/h7-8,10H,3-6,14H2,1-2H3/t10-/m1/s1. The Labute approximate surface area is 107 Å². The molecule has 2 N–H and O–H groups in total. The number of aryl methyl sites for hydroxylation is 1. The number of hydrogen-bond donors (Lipinski definition) is 1.